The van der Waals surface area contributed by atoms with E-state index in [0.29, 0.717) is 12.2 Å². The maximum atomic E-state index is 9.41. The Labute approximate surface area is 78.2 Å². The van der Waals surface area contributed by atoms with Crippen LogP contribution < -0.4 is 10.2 Å². The molecular weight excluding hydrogens is 239 g/mol. The van der Waals surface area contributed by atoms with Gasteiger partial charge < -0.3 is 19.8 Å². The summed E-state index contributed by atoms with van der Waals surface area (Å²) < 4.78 is 0. The second kappa shape index (κ2) is 8.72. The van der Waals surface area contributed by atoms with E-state index in [1.807, 2.05) is 0 Å². The van der Waals surface area contributed by atoms with Gasteiger partial charge in [0, 0.05) is 0 Å². The molecule has 64 valence electrons. The van der Waals surface area contributed by atoms with Crippen LogP contribution in [0.2, 0.25) is 0 Å². The first-order valence-electron chi connectivity index (χ1n) is 1.73. The summed E-state index contributed by atoms with van der Waals surface area (Å²) in [7, 11) is 0. The number of carboxylic acids is 2. The second-order valence-electron chi connectivity index (χ2n) is 0.971. The molecule has 0 aromatic heterocycles. The molecular formula is C4H2Cu2O4. The molecule has 0 aliphatic rings. The van der Waals surface area contributed by atoms with E-state index >= 15 is 0 Å². The van der Waals surface area contributed by atoms with Crippen LogP contribution >= 0.6 is 0 Å². The summed E-state index contributed by atoms with van der Waals surface area (Å²) in [5.41, 5.74) is 0. The molecule has 0 amide bonds. The molecule has 0 unspecified atom stereocenters. The Hall–Kier alpha value is -0.281. The fourth-order valence-corrected chi connectivity index (χ4v) is 0.136. The summed E-state index contributed by atoms with van der Waals surface area (Å²) in [6.45, 7) is 0. The van der Waals surface area contributed by atoms with Crippen molar-refractivity contribution in [1.29, 1.82) is 0 Å². The van der Waals surface area contributed by atoms with Crippen LogP contribution in [0.5, 0.6) is 0 Å². The van der Waals surface area contributed by atoms with Crippen LogP contribution in [0.15, 0.2) is 12.2 Å². The van der Waals surface area contributed by atoms with Gasteiger partial charge in [-0.25, -0.2) is 0 Å². The van der Waals surface area contributed by atoms with E-state index in [1.54, 1.807) is 0 Å². The maximum absolute atomic E-state index is 9.41. The third-order valence-corrected chi connectivity index (χ3v) is 0.355. The van der Waals surface area contributed by atoms with Gasteiger partial charge in [-0.2, -0.15) is 0 Å². The molecule has 0 heterocycles. The van der Waals surface area contributed by atoms with Gasteiger partial charge >= 0.3 is 34.1 Å². The number of aliphatic carboxylic acids is 2. The van der Waals surface area contributed by atoms with Crippen molar-refractivity contribution < 1.29 is 53.9 Å². The van der Waals surface area contributed by atoms with Crippen LogP contribution in [0, 0.1) is 0 Å². The van der Waals surface area contributed by atoms with E-state index < -0.39 is 11.9 Å². The van der Waals surface area contributed by atoms with Gasteiger partial charge in [0.1, 0.15) is 0 Å². The molecule has 0 aromatic carbocycles. The van der Waals surface area contributed by atoms with Gasteiger partial charge in [-0.15, -0.1) is 0 Å². The number of carbonyl (C=O) groups is 2. The molecule has 0 spiro atoms. The van der Waals surface area contributed by atoms with Gasteiger partial charge in [0.2, 0.25) is 0 Å². The summed E-state index contributed by atoms with van der Waals surface area (Å²) in [5, 5.41) is 18.8. The first kappa shape index (κ1) is 16.4. The average Bonchev–Trinajstić information content (AvgIpc) is 1.61. The summed E-state index contributed by atoms with van der Waals surface area (Å²) in [6.07, 6.45) is 0.769. The predicted molar refractivity (Wildman–Crippen MR) is 19.2 cm³/mol. The van der Waals surface area contributed by atoms with E-state index in [2.05, 4.69) is 0 Å². The molecule has 0 bridgehead atoms. The fraction of sp³-hybridized carbons (Fsp3) is 0. The fourth-order valence-electron chi connectivity index (χ4n) is 0.136. The largest absolute Gasteiger partial charge is 1.00 e. The van der Waals surface area contributed by atoms with Crippen LogP contribution in [0.25, 0.3) is 0 Å². The van der Waals surface area contributed by atoms with Gasteiger partial charge in [-0.1, -0.05) is 0 Å². The number of rotatable bonds is 2. The zero-order chi connectivity index (χ0) is 6.57. The topological polar surface area (TPSA) is 80.3 Å². The minimum Gasteiger partial charge on any atom is -0.545 e. The molecule has 0 aliphatic heterocycles. The summed E-state index contributed by atoms with van der Waals surface area (Å²) in [4.78, 5) is 18.8. The quantitative estimate of drug-likeness (QED) is 0.382. The standard InChI is InChI=1S/C4H4O4.2Cu/c5-3(6)1-2-4(7)8;;/h1-2H,(H,5,6)(H,7,8);;/q;2*+1/p-2/b2-1-;;. The van der Waals surface area contributed by atoms with Crippen molar-refractivity contribution in [2.45, 2.75) is 0 Å². The third kappa shape index (κ3) is 15.6. The zero-order valence-electron chi connectivity index (χ0n) is 4.39. The van der Waals surface area contributed by atoms with Crippen LogP contribution in [-0.2, 0) is 43.7 Å². The van der Waals surface area contributed by atoms with E-state index in [-0.39, 0.29) is 34.1 Å². The van der Waals surface area contributed by atoms with E-state index in [4.69, 9.17) is 0 Å². The monoisotopic (exact) mass is 240 g/mol. The summed E-state index contributed by atoms with van der Waals surface area (Å²) >= 11 is 0. The van der Waals surface area contributed by atoms with Crippen molar-refractivity contribution >= 4 is 11.9 Å². The van der Waals surface area contributed by atoms with E-state index in [1.165, 1.54) is 0 Å². The molecule has 0 rings (SSSR count). The summed E-state index contributed by atoms with van der Waals surface area (Å²) in [6, 6.07) is 0. The minimum atomic E-state index is -1.55. The number of hydrogen-bond donors (Lipinski definition) is 0. The molecule has 0 fully saturated rings. The van der Waals surface area contributed by atoms with E-state index in [9.17, 15) is 19.8 Å². The molecule has 0 radical (unpaired) electrons. The van der Waals surface area contributed by atoms with Crippen LogP contribution in [0.1, 0.15) is 0 Å². The summed E-state index contributed by atoms with van der Waals surface area (Å²) in [5.74, 6) is -3.09. The smallest absolute Gasteiger partial charge is 0.545 e. The third-order valence-electron chi connectivity index (χ3n) is 0.355. The van der Waals surface area contributed by atoms with Crippen LogP contribution in [0.3, 0.4) is 0 Å². The van der Waals surface area contributed by atoms with Crippen molar-refractivity contribution in [2.24, 2.45) is 0 Å². The number of carbonyl (C=O) groups excluding carboxylic acids is 2. The number of hydrogen-bond acceptors (Lipinski definition) is 4. The minimum absolute atomic E-state index is 0. The first-order chi connectivity index (χ1) is 3.63. The molecule has 0 saturated carbocycles. The maximum Gasteiger partial charge on any atom is 1.00 e. The van der Waals surface area contributed by atoms with Crippen molar-refractivity contribution in [2.75, 3.05) is 0 Å². The van der Waals surface area contributed by atoms with Crippen LogP contribution in [0.4, 0.5) is 0 Å². The second-order valence-corrected chi connectivity index (χ2v) is 0.971. The Balaban J connectivity index is -0.000000245. The Kier molecular flexibility index (Phi) is 14.3. The SMILES string of the molecule is O=C([O-])/C=C\C(=O)[O-].[Cu+].[Cu+]. The molecule has 4 nitrogen and oxygen atoms in total. The van der Waals surface area contributed by atoms with Crippen LogP contribution in [-0.4, -0.2) is 11.9 Å². The van der Waals surface area contributed by atoms with Crippen molar-refractivity contribution in [3.63, 3.8) is 0 Å². The Bertz CT molecular complexity index is 126. The molecule has 0 atom stereocenters. The molecule has 0 saturated heterocycles. The molecule has 10 heavy (non-hydrogen) atoms. The Morgan fingerprint density at radius 1 is 0.900 bits per heavy atom. The molecule has 0 aliphatic carbocycles. The predicted octanol–water partition coefficient (Wildman–Crippen LogP) is -2.96. The molecule has 0 aromatic rings. The van der Waals surface area contributed by atoms with Gasteiger partial charge in [0.05, 0.1) is 11.9 Å². The normalized spacial score (nSPS) is 7.60. The van der Waals surface area contributed by atoms with Crippen molar-refractivity contribution in [3.05, 3.63) is 12.2 Å². The van der Waals surface area contributed by atoms with E-state index in [0.717, 1.165) is 0 Å². The van der Waals surface area contributed by atoms with Gasteiger partial charge in [-0.3, -0.25) is 0 Å². The Morgan fingerprint density at radius 2 is 1.10 bits per heavy atom. The average molecular weight is 241 g/mol. The van der Waals surface area contributed by atoms with Crippen molar-refractivity contribution in [3.8, 4) is 0 Å². The molecule has 0 N–H and O–H groups in total. The zero-order valence-corrected chi connectivity index (χ0v) is 6.27. The Morgan fingerprint density at radius 3 is 1.20 bits per heavy atom. The van der Waals surface area contributed by atoms with Gasteiger partial charge in [0.25, 0.3) is 0 Å². The van der Waals surface area contributed by atoms with Gasteiger partial charge in [-0.05, 0) is 12.2 Å². The van der Waals surface area contributed by atoms with Crippen molar-refractivity contribution in [1.82, 2.24) is 0 Å². The molecule has 6 heteroatoms. The van der Waals surface area contributed by atoms with Gasteiger partial charge in [0.15, 0.2) is 0 Å². The number of carboxylic acid groups (broad SMARTS) is 2. The first-order valence-corrected chi connectivity index (χ1v) is 1.73.